The third-order valence-corrected chi connectivity index (χ3v) is 3.88. The van der Waals surface area contributed by atoms with E-state index in [1.165, 1.54) is 12.8 Å². The van der Waals surface area contributed by atoms with E-state index in [0.717, 1.165) is 23.4 Å². The number of nitrogens with one attached hydrogen (secondary N) is 1. The van der Waals surface area contributed by atoms with Crippen molar-refractivity contribution in [3.05, 3.63) is 22.4 Å². The van der Waals surface area contributed by atoms with E-state index in [4.69, 9.17) is 0 Å². The molecule has 0 aromatic carbocycles. The molecule has 1 N–H and O–H groups in total. The van der Waals surface area contributed by atoms with E-state index in [1.54, 1.807) is 11.3 Å². The van der Waals surface area contributed by atoms with Gasteiger partial charge in [-0.25, -0.2) is 5.43 Å². The van der Waals surface area contributed by atoms with E-state index >= 15 is 0 Å². The van der Waals surface area contributed by atoms with Crippen molar-refractivity contribution in [2.24, 2.45) is 11.0 Å². The lowest BCUT2D eigenvalue weighted by atomic mass is 9.89. The lowest BCUT2D eigenvalue weighted by Crippen LogP contribution is -2.23. The maximum absolute atomic E-state index is 11.6. The van der Waals surface area contributed by atoms with Crippen LogP contribution in [-0.4, -0.2) is 11.6 Å². The maximum Gasteiger partial charge on any atom is 0.245 e. The average molecular weight is 250 g/mol. The fourth-order valence-electron chi connectivity index (χ4n) is 2.11. The monoisotopic (exact) mass is 250 g/mol. The molecule has 1 heterocycles. The molecule has 1 aromatic heterocycles. The molecule has 92 valence electrons. The zero-order valence-corrected chi connectivity index (χ0v) is 10.9. The van der Waals surface area contributed by atoms with Crippen LogP contribution in [0.4, 0.5) is 0 Å². The number of nitrogens with zero attached hydrogens (tertiary/aromatic N) is 1. The van der Waals surface area contributed by atoms with Crippen molar-refractivity contribution in [3.63, 3.8) is 0 Å². The molecule has 1 atom stereocenters. The van der Waals surface area contributed by atoms with Crippen LogP contribution in [0.25, 0.3) is 0 Å². The van der Waals surface area contributed by atoms with Gasteiger partial charge in [0.25, 0.3) is 0 Å². The van der Waals surface area contributed by atoms with Gasteiger partial charge in [0.15, 0.2) is 0 Å². The molecule has 1 aromatic rings. The van der Waals surface area contributed by atoms with Crippen molar-refractivity contribution in [2.75, 3.05) is 0 Å². The fourth-order valence-corrected chi connectivity index (χ4v) is 2.82. The second-order valence-corrected chi connectivity index (χ2v) is 5.70. The van der Waals surface area contributed by atoms with Crippen LogP contribution in [0.2, 0.25) is 0 Å². The molecule has 3 nitrogen and oxygen atoms in total. The van der Waals surface area contributed by atoms with Crippen molar-refractivity contribution < 1.29 is 4.79 Å². The summed E-state index contributed by atoms with van der Waals surface area (Å²) in [6.45, 7) is 2.24. The number of amides is 1. The molecule has 4 heteroatoms. The zero-order valence-electron chi connectivity index (χ0n) is 10.1. The first-order chi connectivity index (χ1) is 8.24. The number of hydrogen-bond donors (Lipinski definition) is 1. The topological polar surface area (TPSA) is 41.5 Å². The molecule has 0 bridgehead atoms. The van der Waals surface area contributed by atoms with Gasteiger partial charge in [-0.3, -0.25) is 4.79 Å². The molecule has 1 amide bonds. The summed E-state index contributed by atoms with van der Waals surface area (Å²) in [6, 6.07) is 3.93. The zero-order chi connectivity index (χ0) is 12.1. The molecule has 0 aliphatic heterocycles. The maximum atomic E-state index is 11.6. The molecule has 0 unspecified atom stereocenters. The van der Waals surface area contributed by atoms with Gasteiger partial charge in [0.2, 0.25) is 5.91 Å². The van der Waals surface area contributed by atoms with Gasteiger partial charge in [0.05, 0.1) is 6.42 Å². The fraction of sp³-hybridized carbons (Fsp3) is 0.538. The number of carbonyl (C=O) groups excluding carboxylic acids is 1. The van der Waals surface area contributed by atoms with Crippen molar-refractivity contribution in [1.82, 2.24) is 5.43 Å². The molecular formula is C13H18N2OS. The first-order valence-corrected chi connectivity index (χ1v) is 6.98. The third kappa shape index (κ3) is 3.97. The number of carbonyl (C=O) groups is 1. The van der Waals surface area contributed by atoms with E-state index in [2.05, 4.69) is 17.5 Å². The Morgan fingerprint density at radius 3 is 3.24 bits per heavy atom. The van der Waals surface area contributed by atoms with Gasteiger partial charge in [0, 0.05) is 10.6 Å². The Kier molecular flexibility index (Phi) is 4.31. The molecule has 0 spiro atoms. The number of thiophene rings is 1. The van der Waals surface area contributed by atoms with Gasteiger partial charge in [-0.1, -0.05) is 13.0 Å². The highest BCUT2D eigenvalue weighted by Crippen LogP contribution is 2.20. The average Bonchev–Trinajstić information content (AvgIpc) is 2.79. The Morgan fingerprint density at radius 2 is 2.53 bits per heavy atom. The van der Waals surface area contributed by atoms with E-state index in [0.29, 0.717) is 12.3 Å². The van der Waals surface area contributed by atoms with Crippen LogP contribution >= 0.6 is 11.3 Å². The molecule has 2 rings (SSSR count). The van der Waals surface area contributed by atoms with Gasteiger partial charge in [0.1, 0.15) is 0 Å². The highest BCUT2D eigenvalue weighted by atomic mass is 32.1. The summed E-state index contributed by atoms with van der Waals surface area (Å²) >= 11 is 1.60. The molecule has 0 radical (unpaired) electrons. The van der Waals surface area contributed by atoms with E-state index in [-0.39, 0.29) is 5.91 Å². The van der Waals surface area contributed by atoms with E-state index < -0.39 is 0 Å². The summed E-state index contributed by atoms with van der Waals surface area (Å²) in [5.74, 6) is 0.690. The lowest BCUT2D eigenvalue weighted by Gasteiger charge is -2.18. The Morgan fingerprint density at radius 1 is 1.65 bits per heavy atom. The summed E-state index contributed by atoms with van der Waals surface area (Å²) in [5, 5.41) is 6.22. The Hall–Kier alpha value is -1.16. The smallest absolute Gasteiger partial charge is 0.245 e. The molecular weight excluding hydrogens is 232 g/mol. The van der Waals surface area contributed by atoms with Crippen molar-refractivity contribution in [1.29, 1.82) is 0 Å². The van der Waals surface area contributed by atoms with Gasteiger partial charge >= 0.3 is 0 Å². The number of hydrogen-bond acceptors (Lipinski definition) is 3. The van der Waals surface area contributed by atoms with Crippen molar-refractivity contribution in [2.45, 2.75) is 39.0 Å². The van der Waals surface area contributed by atoms with E-state index in [9.17, 15) is 4.79 Å². The van der Waals surface area contributed by atoms with Gasteiger partial charge in [-0.15, -0.1) is 11.3 Å². The van der Waals surface area contributed by atoms with Crippen molar-refractivity contribution in [3.8, 4) is 0 Å². The summed E-state index contributed by atoms with van der Waals surface area (Å²) in [7, 11) is 0. The third-order valence-electron chi connectivity index (χ3n) is 3.00. The summed E-state index contributed by atoms with van der Waals surface area (Å²) in [6.07, 6.45) is 4.97. The molecule has 17 heavy (non-hydrogen) atoms. The summed E-state index contributed by atoms with van der Waals surface area (Å²) in [4.78, 5) is 12.7. The van der Waals surface area contributed by atoms with Crippen molar-refractivity contribution >= 4 is 23.0 Å². The predicted octanol–water partition coefficient (Wildman–Crippen LogP) is 2.97. The minimum absolute atomic E-state index is 0.0156. The molecule has 1 saturated carbocycles. The normalized spacial score (nSPS) is 22.6. The first kappa shape index (κ1) is 12.3. The second-order valence-electron chi connectivity index (χ2n) is 4.67. The largest absolute Gasteiger partial charge is 0.273 e. The SMILES string of the molecule is C[C@@H]1CCC/C(=N\NC(=O)Cc2cccs2)C1. The quantitative estimate of drug-likeness (QED) is 0.823. The molecule has 1 aliphatic rings. The van der Waals surface area contributed by atoms with Crippen LogP contribution in [0, 0.1) is 5.92 Å². The van der Waals surface area contributed by atoms with E-state index in [1.807, 2.05) is 17.5 Å². The van der Waals surface area contributed by atoms with Crippen LogP contribution in [0.3, 0.4) is 0 Å². The lowest BCUT2D eigenvalue weighted by molar-refractivity contribution is -0.120. The predicted molar refractivity (Wildman–Crippen MR) is 71.2 cm³/mol. The minimum Gasteiger partial charge on any atom is -0.273 e. The van der Waals surface area contributed by atoms with Gasteiger partial charge < -0.3 is 0 Å². The van der Waals surface area contributed by atoms with Crippen LogP contribution < -0.4 is 5.43 Å². The summed E-state index contributed by atoms with van der Waals surface area (Å²) < 4.78 is 0. The molecule has 1 fully saturated rings. The minimum atomic E-state index is -0.0156. The van der Waals surface area contributed by atoms with Crippen LogP contribution in [0.5, 0.6) is 0 Å². The Balaban J connectivity index is 1.80. The Bertz CT molecular complexity index is 398. The van der Waals surface area contributed by atoms with Gasteiger partial charge in [-0.05, 0) is 43.0 Å². The Labute approximate surface area is 106 Å². The molecule has 0 saturated heterocycles. The second kappa shape index (κ2) is 5.96. The summed E-state index contributed by atoms with van der Waals surface area (Å²) in [5.41, 5.74) is 3.81. The molecule has 1 aliphatic carbocycles. The van der Waals surface area contributed by atoms with Crippen LogP contribution in [0.15, 0.2) is 22.6 Å². The van der Waals surface area contributed by atoms with Gasteiger partial charge in [-0.2, -0.15) is 5.10 Å². The first-order valence-electron chi connectivity index (χ1n) is 6.10. The van der Waals surface area contributed by atoms with Crippen LogP contribution in [0.1, 0.15) is 37.5 Å². The highest BCUT2D eigenvalue weighted by molar-refractivity contribution is 7.10. The number of hydrazone groups is 1. The highest BCUT2D eigenvalue weighted by Gasteiger charge is 2.14. The van der Waals surface area contributed by atoms with Crippen LogP contribution in [-0.2, 0) is 11.2 Å². The standard InChI is InChI=1S/C13H18N2OS/c1-10-4-2-5-11(8-10)14-15-13(16)9-12-6-3-7-17-12/h3,6-7,10H,2,4-5,8-9H2,1H3,(H,15,16)/b14-11+/t10-/m1/s1. The number of rotatable bonds is 3.